The number of ether oxygens (including phenoxy) is 1. The van der Waals surface area contributed by atoms with Crippen molar-refractivity contribution in [2.45, 2.75) is 70.6 Å². The predicted molar refractivity (Wildman–Crippen MR) is 100 cm³/mol. The summed E-state index contributed by atoms with van der Waals surface area (Å²) in [5.74, 6) is 0.267. The second-order valence-corrected chi connectivity index (χ2v) is 8.00. The van der Waals surface area contributed by atoms with E-state index in [4.69, 9.17) is 4.74 Å². The lowest BCUT2D eigenvalue weighted by Crippen LogP contribution is -2.46. The minimum Gasteiger partial charge on any atom is -0.465 e. The molecule has 0 radical (unpaired) electrons. The van der Waals surface area contributed by atoms with E-state index in [1.165, 1.54) is 0 Å². The van der Waals surface area contributed by atoms with Gasteiger partial charge >= 0.3 is 12.2 Å². The Hall–Kier alpha value is -2.24. The van der Waals surface area contributed by atoms with Crippen LogP contribution in [-0.4, -0.2) is 35.0 Å². The highest BCUT2D eigenvalue weighted by Gasteiger charge is 2.30. The fourth-order valence-corrected chi connectivity index (χ4v) is 3.50. The predicted octanol–water partition coefficient (Wildman–Crippen LogP) is 3.95. The average molecular weight is 362 g/mol. The molecule has 6 heteroatoms. The van der Waals surface area contributed by atoms with Gasteiger partial charge in [-0.25, -0.2) is 9.59 Å². The van der Waals surface area contributed by atoms with Crippen LogP contribution in [0.4, 0.5) is 9.59 Å². The molecule has 1 unspecified atom stereocenters. The maximum absolute atomic E-state index is 11.9. The highest BCUT2D eigenvalue weighted by molar-refractivity contribution is 5.68. The van der Waals surface area contributed by atoms with E-state index in [0.717, 1.165) is 31.2 Å². The molecule has 2 amide bonds. The van der Waals surface area contributed by atoms with Crippen LogP contribution < -0.4 is 10.6 Å². The van der Waals surface area contributed by atoms with Crippen molar-refractivity contribution < 1.29 is 19.4 Å². The quantitative estimate of drug-likeness (QED) is 0.740. The Labute approximate surface area is 155 Å². The van der Waals surface area contributed by atoms with Crippen LogP contribution in [0.3, 0.4) is 0 Å². The first-order valence-electron chi connectivity index (χ1n) is 9.26. The van der Waals surface area contributed by atoms with Gasteiger partial charge in [0, 0.05) is 12.1 Å². The zero-order chi connectivity index (χ0) is 19.2. The first-order valence-corrected chi connectivity index (χ1v) is 9.26. The van der Waals surface area contributed by atoms with Crippen molar-refractivity contribution in [3.05, 3.63) is 35.9 Å². The molecule has 1 aromatic rings. The number of alkyl carbamates (subject to hydrolysis) is 1. The highest BCUT2D eigenvalue weighted by Crippen LogP contribution is 2.29. The maximum Gasteiger partial charge on any atom is 0.407 e. The van der Waals surface area contributed by atoms with Crippen molar-refractivity contribution in [2.75, 3.05) is 0 Å². The van der Waals surface area contributed by atoms with E-state index < -0.39 is 11.7 Å². The first-order chi connectivity index (χ1) is 12.2. The number of hydrogen-bond donors (Lipinski definition) is 3. The van der Waals surface area contributed by atoms with E-state index in [-0.39, 0.29) is 24.1 Å². The summed E-state index contributed by atoms with van der Waals surface area (Å²) in [6.45, 7) is 5.53. The van der Waals surface area contributed by atoms with Crippen LogP contribution in [0.1, 0.15) is 52.0 Å². The Morgan fingerprint density at radius 3 is 2.31 bits per heavy atom. The number of carboxylic acid groups (broad SMARTS) is 1. The van der Waals surface area contributed by atoms with Gasteiger partial charge in [0.15, 0.2) is 0 Å². The number of amides is 2. The van der Waals surface area contributed by atoms with E-state index in [9.17, 15) is 14.7 Å². The monoisotopic (exact) mass is 362 g/mol. The van der Waals surface area contributed by atoms with Crippen molar-refractivity contribution >= 4 is 12.2 Å². The third-order valence-corrected chi connectivity index (χ3v) is 4.67. The van der Waals surface area contributed by atoms with Crippen LogP contribution in [0, 0.1) is 5.92 Å². The molecule has 0 saturated heterocycles. The number of benzene rings is 1. The van der Waals surface area contributed by atoms with Gasteiger partial charge in [-0.3, -0.25) is 0 Å². The summed E-state index contributed by atoms with van der Waals surface area (Å²) in [6.07, 6.45) is 2.72. The van der Waals surface area contributed by atoms with Gasteiger partial charge in [0.1, 0.15) is 5.60 Å². The molecular formula is C20H30N2O4. The smallest absolute Gasteiger partial charge is 0.407 e. The van der Waals surface area contributed by atoms with E-state index in [2.05, 4.69) is 10.6 Å². The van der Waals surface area contributed by atoms with Crippen molar-refractivity contribution in [2.24, 2.45) is 5.92 Å². The Bertz CT molecular complexity index is 590. The summed E-state index contributed by atoms with van der Waals surface area (Å²) < 4.78 is 5.31. The standard InChI is InChI=1S/C20H30N2O4/c1-20(2,3)26-19(25)21-16-11-9-15(10-12-16)17(22-18(23)24)13-14-7-5-4-6-8-14/h4-8,15-17,22H,9-13H2,1-3H3,(H,21,25)(H,23,24). The lowest BCUT2D eigenvalue weighted by Gasteiger charge is -2.34. The van der Waals surface area contributed by atoms with E-state index in [1.54, 1.807) is 0 Å². The zero-order valence-corrected chi connectivity index (χ0v) is 15.8. The van der Waals surface area contributed by atoms with Crippen molar-refractivity contribution in [3.63, 3.8) is 0 Å². The third kappa shape index (κ3) is 6.94. The van der Waals surface area contributed by atoms with Crippen molar-refractivity contribution in [3.8, 4) is 0 Å². The van der Waals surface area contributed by atoms with Crippen LogP contribution in [0.15, 0.2) is 30.3 Å². The SMILES string of the molecule is CC(C)(C)OC(=O)NC1CCC(C(Cc2ccccc2)NC(=O)O)CC1. The molecule has 3 N–H and O–H groups in total. The minimum atomic E-state index is -0.986. The summed E-state index contributed by atoms with van der Waals surface area (Å²) in [4.78, 5) is 23.1. The van der Waals surface area contributed by atoms with Gasteiger partial charge in [-0.15, -0.1) is 0 Å². The van der Waals surface area contributed by atoms with Gasteiger partial charge in [-0.2, -0.15) is 0 Å². The van der Waals surface area contributed by atoms with Crippen LogP contribution in [0.25, 0.3) is 0 Å². The third-order valence-electron chi connectivity index (χ3n) is 4.67. The van der Waals surface area contributed by atoms with Crippen molar-refractivity contribution in [1.82, 2.24) is 10.6 Å². The topological polar surface area (TPSA) is 87.7 Å². The van der Waals surface area contributed by atoms with Gasteiger partial charge in [0.05, 0.1) is 0 Å². The van der Waals surface area contributed by atoms with Gasteiger partial charge in [0.2, 0.25) is 0 Å². The molecule has 1 aliphatic carbocycles. The maximum atomic E-state index is 11.9. The number of hydrogen-bond acceptors (Lipinski definition) is 3. The Morgan fingerprint density at radius 1 is 1.15 bits per heavy atom. The lowest BCUT2D eigenvalue weighted by molar-refractivity contribution is 0.0485. The van der Waals surface area contributed by atoms with Gasteiger partial charge < -0.3 is 20.5 Å². The van der Waals surface area contributed by atoms with Crippen LogP contribution in [0.2, 0.25) is 0 Å². The van der Waals surface area contributed by atoms with E-state index in [1.807, 2.05) is 51.1 Å². The normalized spacial score (nSPS) is 21.5. The fourth-order valence-electron chi connectivity index (χ4n) is 3.50. The number of carbonyl (C=O) groups excluding carboxylic acids is 1. The van der Waals surface area contributed by atoms with Gasteiger partial charge in [-0.05, 0) is 64.4 Å². The molecule has 0 spiro atoms. The molecule has 0 bridgehead atoms. The molecule has 0 heterocycles. The van der Waals surface area contributed by atoms with Crippen molar-refractivity contribution in [1.29, 1.82) is 0 Å². The Balaban J connectivity index is 1.88. The summed E-state index contributed by atoms with van der Waals surface area (Å²) >= 11 is 0. The number of nitrogens with one attached hydrogen (secondary N) is 2. The van der Waals surface area contributed by atoms with Crippen LogP contribution in [-0.2, 0) is 11.2 Å². The lowest BCUT2D eigenvalue weighted by atomic mass is 9.79. The molecule has 26 heavy (non-hydrogen) atoms. The molecule has 1 atom stereocenters. The minimum absolute atomic E-state index is 0.0864. The Morgan fingerprint density at radius 2 is 1.77 bits per heavy atom. The van der Waals surface area contributed by atoms with Crippen LogP contribution in [0.5, 0.6) is 0 Å². The first kappa shape index (κ1) is 20.1. The highest BCUT2D eigenvalue weighted by atomic mass is 16.6. The van der Waals surface area contributed by atoms with E-state index in [0.29, 0.717) is 6.42 Å². The fraction of sp³-hybridized carbons (Fsp3) is 0.600. The molecule has 1 fully saturated rings. The Kier molecular flexibility index (Phi) is 6.89. The molecule has 0 aromatic heterocycles. The van der Waals surface area contributed by atoms with E-state index >= 15 is 0 Å². The molecule has 0 aliphatic heterocycles. The molecule has 6 nitrogen and oxygen atoms in total. The summed E-state index contributed by atoms with van der Waals surface area (Å²) in [5.41, 5.74) is 0.619. The molecule has 1 saturated carbocycles. The molecule has 2 rings (SSSR count). The van der Waals surface area contributed by atoms with Crippen LogP contribution >= 0.6 is 0 Å². The summed E-state index contributed by atoms with van der Waals surface area (Å²) in [5, 5.41) is 14.8. The zero-order valence-electron chi connectivity index (χ0n) is 15.8. The largest absolute Gasteiger partial charge is 0.465 e. The number of rotatable bonds is 5. The van der Waals surface area contributed by atoms with Gasteiger partial charge in [-0.1, -0.05) is 30.3 Å². The second-order valence-electron chi connectivity index (χ2n) is 8.00. The molecular weight excluding hydrogens is 332 g/mol. The molecule has 144 valence electrons. The summed E-state index contributed by atoms with van der Waals surface area (Å²) in [6, 6.07) is 9.90. The average Bonchev–Trinajstić information content (AvgIpc) is 2.53. The molecule has 1 aliphatic rings. The number of carbonyl (C=O) groups is 2. The second kappa shape index (κ2) is 8.92. The van der Waals surface area contributed by atoms with Gasteiger partial charge in [0.25, 0.3) is 0 Å². The molecule has 1 aromatic carbocycles. The summed E-state index contributed by atoms with van der Waals surface area (Å²) in [7, 11) is 0.